The number of amides is 1. The lowest BCUT2D eigenvalue weighted by Gasteiger charge is -2.27. The largest absolute Gasteiger partial charge is 0.340 e. The lowest BCUT2D eigenvalue weighted by atomic mass is 10.0. The summed E-state index contributed by atoms with van der Waals surface area (Å²) in [4.78, 5) is 20.7. The van der Waals surface area contributed by atoms with E-state index in [2.05, 4.69) is 15.0 Å². The molecule has 1 aromatic heterocycles. The van der Waals surface area contributed by atoms with Crippen LogP contribution in [0.4, 0.5) is 0 Å². The predicted molar refractivity (Wildman–Crippen MR) is 86.7 cm³/mol. The average Bonchev–Trinajstić information content (AvgIpc) is 3.24. The smallest absolute Gasteiger partial charge is 0.223 e. The van der Waals surface area contributed by atoms with Crippen molar-refractivity contribution in [3.8, 4) is 0 Å². The van der Waals surface area contributed by atoms with Crippen LogP contribution in [0.1, 0.15) is 57.2 Å². The standard InChI is InChI=1S/C17H28N4O2/c1-13-18-17(19-23-13)12-21(14(2)22)16-8-10-20(11-16)9-7-15-5-3-4-6-15/h15-16H,3-12H2,1-2H3. The van der Waals surface area contributed by atoms with Gasteiger partial charge in [-0.25, -0.2) is 0 Å². The van der Waals surface area contributed by atoms with Crippen LogP contribution in [0, 0.1) is 12.8 Å². The Bertz CT molecular complexity index is 524. The molecular formula is C17H28N4O2. The van der Waals surface area contributed by atoms with Gasteiger partial charge in [-0.2, -0.15) is 4.98 Å². The summed E-state index contributed by atoms with van der Waals surface area (Å²) < 4.78 is 5.01. The second-order valence-electron chi connectivity index (χ2n) is 7.06. The minimum Gasteiger partial charge on any atom is -0.340 e. The van der Waals surface area contributed by atoms with Gasteiger partial charge in [0, 0.05) is 33.0 Å². The van der Waals surface area contributed by atoms with Gasteiger partial charge in [0.15, 0.2) is 5.82 Å². The number of aryl methyl sites for hydroxylation is 1. The van der Waals surface area contributed by atoms with Gasteiger partial charge in [0.1, 0.15) is 0 Å². The van der Waals surface area contributed by atoms with E-state index in [4.69, 9.17) is 4.52 Å². The van der Waals surface area contributed by atoms with Crippen LogP contribution < -0.4 is 0 Å². The van der Waals surface area contributed by atoms with E-state index in [1.54, 1.807) is 13.8 Å². The fourth-order valence-electron chi connectivity index (χ4n) is 3.99. The average molecular weight is 320 g/mol. The number of likely N-dealkylation sites (tertiary alicyclic amines) is 1. The van der Waals surface area contributed by atoms with Crippen molar-refractivity contribution in [2.24, 2.45) is 5.92 Å². The lowest BCUT2D eigenvalue weighted by molar-refractivity contribution is -0.131. The van der Waals surface area contributed by atoms with Crippen molar-refractivity contribution in [3.63, 3.8) is 0 Å². The van der Waals surface area contributed by atoms with Gasteiger partial charge in [-0.15, -0.1) is 0 Å². The number of rotatable bonds is 6. The van der Waals surface area contributed by atoms with Crippen LogP contribution in [-0.2, 0) is 11.3 Å². The Hall–Kier alpha value is -1.43. The number of nitrogens with zero attached hydrogens (tertiary/aromatic N) is 4. The maximum Gasteiger partial charge on any atom is 0.223 e. The number of hydrogen-bond acceptors (Lipinski definition) is 5. The molecule has 128 valence electrons. The number of carbonyl (C=O) groups excluding carboxylic acids is 1. The zero-order valence-corrected chi connectivity index (χ0v) is 14.3. The van der Waals surface area contributed by atoms with Gasteiger partial charge in [-0.05, 0) is 25.3 Å². The molecule has 1 aliphatic heterocycles. The Morgan fingerprint density at radius 2 is 2.13 bits per heavy atom. The van der Waals surface area contributed by atoms with Crippen molar-refractivity contribution >= 4 is 5.91 Å². The van der Waals surface area contributed by atoms with E-state index in [1.165, 1.54) is 38.6 Å². The molecule has 0 aromatic carbocycles. The van der Waals surface area contributed by atoms with Crippen LogP contribution in [0.15, 0.2) is 4.52 Å². The molecule has 1 saturated carbocycles. The molecule has 1 saturated heterocycles. The molecule has 0 spiro atoms. The molecule has 1 aromatic rings. The summed E-state index contributed by atoms with van der Waals surface area (Å²) in [6, 6.07) is 0.273. The van der Waals surface area contributed by atoms with Crippen molar-refractivity contribution in [2.75, 3.05) is 19.6 Å². The molecular weight excluding hydrogens is 292 g/mol. The van der Waals surface area contributed by atoms with Crippen molar-refractivity contribution in [1.82, 2.24) is 19.9 Å². The van der Waals surface area contributed by atoms with Gasteiger partial charge in [-0.1, -0.05) is 30.8 Å². The molecule has 0 N–H and O–H groups in total. The summed E-state index contributed by atoms with van der Waals surface area (Å²) in [6.07, 6.45) is 8.00. The van der Waals surface area contributed by atoms with Crippen LogP contribution in [0.25, 0.3) is 0 Å². The van der Waals surface area contributed by atoms with Crippen LogP contribution in [0.5, 0.6) is 0 Å². The van der Waals surface area contributed by atoms with E-state index in [0.29, 0.717) is 18.3 Å². The second kappa shape index (κ2) is 7.43. The first-order valence-electron chi connectivity index (χ1n) is 8.90. The van der Waals surface area contributed by atoms with E-state index in [-0.39, 0.29) is 11.9 Å². The topological polar surface area (TPSA) is 62.5 Å². The molecule has 1 amide bonds. The SMILES string of the molecule is CC(=O)N(Cc1noc(C)n1)C1CCN(CCC2CCCC2)C1. The van der Waals surface area contributed by atoms with Crippen molar-refractivity contribution in [3.05, 3.63) is 11.7 Å². The summed E-state index contributed by atoms with van der Waals surface area (Å²) in [5.74, 6) is 2.17. The third kappa shape index (κ3) is 4.31. The van der Waals surface area contributed by atoms with Crippen LogP contribution in [0.3, 0.4) is 0 Å². The molecule has 2 aliphatic rings. The zero-order chi connectivity index (χ0) is 16.2. The second-order valence-corrected chi connectivity index (χ2v) is 7.06. The molecule has 1 atom stereocenters. The number of hydrogen-bond donors (Lipinski definition) is 0. The highest BCUT2D eigenvalue weighted by molar-refractivity contribution is 5.73. The van der Waals surface area contributed by atoms with E-state index in [1.807, 2.05) is 4.90 Å². The minimum atomic E-state index is 0.0927. The highest BCUT2D eigenvalue weighted by Gasteiger charge is 2.30. The molecule has 2 fully saturated rings. The van der Waals surface area contributed by atoms with E-state index in [9.17, 15) is 4.79 Å². The molecule has 1 aliphatic carbocycles. The van der Waals surface area contributed by atoms with Gasteiger partial charge < -0.3 is 14.3 Å². The van der Waals surface area contributed by atoms with Crippen LogP contribution >= 0.6 is 0 Å². The third-order valence-corrected chi connectivity index (χ3v) is 5.30. The summed E-state index contributed by atoms with van der Waals surface area (Å²) in [7, 11) is 0. The van der Waals surface area contributed by atoms with Crippen molar-refractivity contribution in [1.29, 1.82) is 0 Å². The predicted octanol–water partition coefficient (Wildman–Crippen LogP) is 2.38. The van der Waals surface area contributed by atoms with Crippen molar-refractivity contribution < 1.29 is 9.32 Å². The summed E-state index contributed by atoms with van der Waals surface area (Å²) >= 11 is 0. The summed E-state index contributed by atoms with van der Waals surface area (Å²) in [5, 5.41) is 3.92. The number of aromatic nitrogens is 2. The molecule has 2 heterocycles. The maximum absolute atomic E-state index is 12.0. The monoisotopic (exact) mass is 320 g/mol. The Morgan fingerprint density at radius 3 is 2.78 bits per heavy atom. The minimum absolute atomic E-state index is 0.0927. The fraction of sp³-hybridized carbons (Fsp3) is 0.824. The first-order valence-corrected chi connectivity index (χ1v) is 8.90. The maximum atomic E-state index is 12.0. The zero-order valence-electron chi connectivity index (χ0n) is 14.3. The summed E-state index contributed by atoms with van der Waals surface area (Å²) in [5.41, 5.74) is 0. The van der Waals surface area contributed by atoms with Crippen LogP contribution in [-0.4, -0.2) is 51.5 Å². The van der Waals surface area contributed by atoms with Gasteiger partial charge in [-0.3, -0.25) is 4.79 Å². The Kier molecular flexibility index (Phi) is 5.30. The lowest BCUT2D eigenvalue weighted by Crippen LogP contribution is -2.40. The van der Waals surface area contributed by atoms with E-state index < -0.39 is 0 Å². The molecule has 6 nitrogen and oxygen atoms in total. The van der Waals surface area contributed by atoms with Crippen LogP contribution in [0.2, 0.25) is 0 Å². The normalized spacial score (nSPS) is 22.8. The van der Waals surface area contributed by atoms with Gasteiger partial charge in [0.05, 0.1) is 6.54 Å². The highest BCUT2D eigenvalue weighted by atomic mass is 16.5. The Balaban J connectivity index is 1.51. The first-order chi connectivity index (χ1) is 11.1. The molecule has 0 bridgehead atoms. The molecule has 3 rings (SSSR count). The first kappa shape index (κ1) is 16.4. The third-order valence-electron chi connectivity index (χ3n) is 5.30. The van der Waals surface area contributed by atoms with E-state index >= 15 is 0 Å². The molecule has 0 radical (unpaired) electrons. The van der Waals surface area contributed by atoms with E-state index in [0.717, 1.165) is 25.4 Å². The summed E-state index contributed by atoms with van der Waals surface area (Å²) in [6.45, 7) is 7.10. The van der Waals surface area contributed by atoms with Gasteiger partial charge in [0.2, 0.25) is 11.8 Å². The number of carbonyl (C=O) groups is 1. The van der Waals surface area contributed by atoms with Gasteiger partial charge >= 0.3 is 0 Å². The quantitative estimate of drug-likeness (QED) is 0.805. The molecule has 1 unspecified atom stereocenters. The fourth-order valence-corrected chi connectivity index (χ4v) is 3.99. The Morgan fingerprint density at radius 1 is 1.35 bits per heavy atom. The Labute approximate surface area is 138 Å². The van der Waals surface area contributed by atoms with Gasteiger partial charge in [0.25, 0.3) is 0 Å². The molecule has 23 heavy (non-hydrogen) atoms. The highest BCUT2D eigenvalue weighted by Crippen LogP contribution is 2.28. The molecule has 6 heteroatoms. The van der Waals surface area contributed by atoms with Crippen molar-refractivity contribution in [2.45, 2.75) is 65.0 Å².